The fourth-order valence-electron chi connectivity index (χ4n) is 1.89. The number of hydrogen-bond acceptors (Lipinski definition) is 1. The van der Waals surface area contributed by atoms with Crippen molar-refractivity contribution in [2.45, 2.75) is 38.1 Å². The first-order valence-corrected chi connectivity index (χ1v) is 4.68. The predicted molar refractivity (Wildman–Crippen MR) is 47.5 cm³/mol. The topological polar surface area (TPSA) is 3.24 Å². The van der Waals surface area contributed by atoms with Crippen LogP contribution < -0.4 is 0 Å². The molecule has 0 heterocycles. The molecule has 0 aromatic carbocycles. The molecule has 0 aliphatic heterocycles. The Morgan fingerprint density at radius 3 is 2.33 bits per heavy atom. The van der Waals surface area contributed by atoms with Gasteiger partial charge in [0.05, 0.1) is 0 Å². The largest absolute Gasteiger partial charge is 0.551 e. The van der Waals surface area contributed by atoms with E-state index in [2.05, 4.69) is 0 Å². The van der Waals surface area contributed by atoms with Gasteiger partial charge in [-0.15, -0.1) is 0 Å². The highest BCUT2D eigenvalue weighted by Gasteiger charge is 2.23. The van der Waals surface area contributed by atoms with Gasteiger partial charge in [0.1, 0.15) is 0 Å². The van der Waals surface area contributed by atoms with Gasteiger partial charge in [-0.1, -0.05) is 19.3 Å². The highest BCUT2D eigenvalue weighted by Crippen LogP contribution is 2.21. The molecule has 0 amide bonds. The summed E-state index contributed by atoms with van der Waals surface area (Å²) in [4.78, 5) is 1.81. The van der Waals surface area contributed by atoms with Crippen LogP contribution in [0.5, 0.6) is 0 Å². The average Bonchev–Trinajstić information content (AvgIpc) is 2.05. The van der Waals surface area contributed by atoms with Gasteiger partial charge < -0.3 is 4.90 Å². The molecule has 0 unspecified atom stereocenters. The maximum atomic E-state index is 12.0. The van der Waals surface area contributed by atoms with E-state index in [1.165, 1.54) is 19.3 Å². The predicted octanol–water partition coefficient (Wildman–Crippen LogP) is 2.22. The Hall–Kier alpha value is -0.115. The lowest BCUT2D eigenvalue weighted by Crippen LogP contribution is -2.37. The third-order valence-electron chi connectivity index (χ3n) is 2.62. The first kappa shape index (κ1) is 9.97. The van der Waals surface area contributed by atoms with Crippen LogP contribution >= 0.6 is 0 Å². The van der Waals surface area contributed by atoms with E-state index in [0.717, 1.165) is 12.8 Å². The normalized spacial score (nSPS) is 20.0. The first-order valence-electron chi connectivity index (χ1n) is 4.68. The third-order valence-corrected chi connectivity index (χ3v) is 2.62. The van der Waals surface area contributed by atoms with Crippen molar-refractivity contribution < 1.29 is 8.63 Å². The smallest absolute Gasteiger partial charge is 0.305 e. The van der Waals surface area contributed by atoms with Crippen molar-refractivity contribution in [2.75, 3.05) is 13.5 Å². The Balaban J connectivity index is 2.24. The van der Waals surface area contributed by atoms with Crippen LogP contribution in [0.15, 0.2) is 0 Å². The maximum Gasteiger partial charge on any atom is 0.551 e. The van der Waals surface area contributed by atoms with Crippen LogP contribution in [0.1, 0.15) is 32.1 Å². The molecule has 1 aliphatic rings. The Morgan fingerprint density at radius 1 is 1.25 bits per heavy atom. The van der Waals surface area contributed by atoms with Crippen molar-refractivity contribution >= 4 is 7.27 Å². The molecule has 1 rings (SSSR count). The van der Waals surface area contributed by atoms with Crippen molar-refractivity contribution in [2.24, 2.45) is 0 Å². The summed E-state index contributed by atoms with van der Waals surface area (Å²) in [5, 5.41) is 0. The quantitative estimate of drug-likeness (QED) is 0.594. The lowest BCUT2D eigenvalue weighted by molar-refractivity contribution is 0.210. The fourth-order valence-corrected chi connectivity index (χ4v) is 1.89. The molecule has 0 aromatic heterocycles. The summed E-state index contributed by atoms with van der Waals surface area (Å²) in [6.07, 6.45) is 5.83. The number of hydrogen-bond donors (Lipinski definition) is 0. The third kappa shape index (κ3) is 3.09. The molecule has 1 nitrogen and oxygen atoms in total. The standard InChI is InChI=1S/C8H16BF2N/c1-12(7-9(10)11)8-5-3-2-4-6-8/h8H,2-7H2,1H3. The van der Waals surface area contributed by atoms with Crippen LogP contribution in [-0.2, 0) is 0 Å². The van der Waals surface area contributed by atoms with Crippen molar-refractivity contribution in [3.8, 4) is 0 Å². The SMILES string of the molecule is CN(CB(F)F)C1CCCCC1. The van der Waals surface area contributed by atoms with E-state index in [1.54, 1.807) is 0 Å². The molecule has 0 radical (unpaired) electrons. The Kier molecular flexibility index (Phi) is 3.99. The molecule has 70 valence electrons. The van der Waals surface area contributed by atoms with Crippen LogP contribution in [-0.4, -0.2) is 31.7 Å². The summed E-state index contributed by atoms with van der Waals surface area (Å²) in [6.45, 7) is 0. The second-order valence-corrected chi connectivity index (χ2v) is 3.62. The van der Waals surface area contributed by atoms with Crippen LogP contribution in [0.25, 0.3) is 0 Å². The highest BCUT2D eigenvalue weighted by atomic mass is 19.2. The van der Waals surface area contributed by atoms with E-state index in [4.69, 9.17) is 0 Å². The van der Waals surface area contributed by atoms with Crippen molar-refractivity contribution in [3.05, 3.63) is 0 Å². The number of rotatable bonds is 3. The van der Waals surface area contributed by atoms with Gasteiger partial charge in [-0.25, -0.2) is 0 Å². The summed E-state index contributed by atoms with van der Waals surface area (Å²) in [6, 6.07) is 0.410. The minimum atomic E-state index is -2.18. The van der Waals surface area contributed by atoms with E-state index in [1.807, 2.05) is 11.9 Å². The monoisotopic (exact) mass is 175 g/mol. The van der Waals surface area contributed by atoms with Gasteiger partial charge in [0.15, 0.2) is 0 Å². The van der Waals surface area contributed by atoms with Crippen molar-refractivity contribution in [1.82, 2.24) is 4.90 Å². The number of nitrogens with zero attached hydrogens (tertiary/aromatic N) is 1. The Labute approximate surface area is 73.3 Å². The van der Waals surface area contributed by atoms with Gasteiger partial charge in [-0.3, -0.25) is 8.63 Å². The summed E-state index contributed by atoms with van der Waals surface area (Å²) in [7, 11) is -0.376. The second kappa shape index (κ2) is 4.80. The van der Waals surface area contributed by atoms with Crippen molar-refractivity contribution in [3.63, 3.8) is 0 Å². The summed E-state index contributed by atoms with van der Waals surface area (Å²) >= 11 is 0. The summed E-state index contributed by atoms with van der Waals surface area (Å²) < 4.78 is 24.0. The van der Waals surface area contributed by atoms with Gasteiger partial charge in [-0.05, 0) is 19.9 Å². The molecule has 0 spiro atoms. The van der Waals surface area contributed by atoms with Crippen molar-refractivity contribution in [1.29, 1.82) is 0 Å². The van der Waals surface area contributed by atoms with Gasteiger partial charge in [-0.2, -0.15) is 0 Å². The molecule has 0 N–H and O–H groups in total. The molecule has 12 heavy (non-hydrogen) atoms. The fraction of sp³-hybridized carbons (Fsp3) is 1.00. The van der Waals surface area contributed by atoms with Gasteiger partial charge in [0.2, 0.25) is 0 Å². The molecule has 1 saturated carbocycles. The van der Waals surface area contributed by atoms with E-state index in [-0.39, 0.29) is 6.44 Å². The molecule has 4 heteroatoms. The molecule has 1 fully saturated rings. The van der Waals surface area contributed by atoms with E-state index in [9.17, 15) is 8.63 Å². The molecule has 0 aromatic rings. The van der Waals surface area contributed by atoms with Crippen LogP contribution in [0, 0.1) is 0 Å². The zero-order chi connectivity index (χ0) is 8.97. The number of halogens is 2. The molecule has 1 aliphatic carbocycles. The molecular formula is C8H16BF2N. The molecular weight excluding hydrogens is 159 g/mol. The average molecular weight is 175 g/mol. The van der Waals surface area contributed by atoms with E-state index < -0.39 is 7.27 Å². The lowest BCUT2D eigenvalue weighted by atomic mass is 9.91. The lowest BCUT2D eigenvalue weighted by Gasteiger charge is -2.30. The van der Waals surface area contributed by atoms with Crippen LogP contribution in [0.3, 0.4) is 0 Å². The molecule has 0 atom stereocenters. The van der Waals surface area contributed by atoms with Gasteiger partial charge in [0, 0.05) is 12.5 Å². The zero-order valence-electron chi connectivity index (χ0n) is 7.60. The zero-order valence-corrected chi connectivity index (χ0v) is 7.60. The van der Waals surface area contributed by atoms with Gasteiger partial charge >= 0.3 is 7.27 Å². The first-order chi connectivity index (χ1) is 5.70. The van der Waals surface area contributed by atoms with E-state index >= 15 is 0 Å². The van der Waals surface area contributed by atoms with E-state index in [0.29, 0.717) is 6.04 Å². The molecule has 0 bridgehead atoms. The minimum absolute atomic E-state index is 0.0648. The maximum absolute atomic E-state index is 12.0. The highest BCUT2D eigenvalue weighted by molar-refractivity contribution is 6.42. The minimum Gasteiger partial charge on any atom is -0.305 e. The second-order valence-electron chi connectivity index (χ2n) is 3.62. The summed E-state index contributed by atoms with van der Waals surface area (Å²) in [5.74, 6) is 0. The van der Waals surface area contributed by atoms with Crippen LogP contribution in [0.4, 0.5) is 8.63 Å². The van der Waals surface area contributed by atoms with Crippen LogP contribution in [0.2, 0.25) is 0 Å². The molecule has 0 saturated heterocycles. The Morgan fingerprint density at radius 2 is 1.83 bits per heavy atom. The summed E-state index contributed by atoms with van der Waals surface area (Å²) in [5.41, 5.74) is 0. The Bertz CT molecular complexity index is 126. The van der Waals surface area contributed by atoms with Gasteiger partial charge in [0.25, 0.3) is 0 Å².